The minimum atomic E-state index is 0.749. The van der Waals surface area contributed by atoms with E-state index in [9.17, 15) is 0 Å². The molecule has 0 N–H and O–H groups in total. The van der Waals surface area contributed by atoms with Crippen molar-refractivity contribution in [3.8, 4) is 0 Å². The lowest BCUT2D eigenvalue weighted by Gasteiger charge is -2.04. The topological polar surface area (TPSA) is 9.23 Å². The molecule has 0 aliphatic rings. The molecule has 0 saturated carbocycles. The molecule has 1 heteroatoms. The van der Waals surface area contributed by atoms with E-state index in [2.05, 4.69) is 26.0 Å². The molecule has 0 bridgehead atoms. The molecule has 11 heavy (non-hydrogen) atoms. The summed E-state index contributed by atoms with van der Waals surface area (Å²) < 4.78 is 4.90. The maximum Gasteiger partial charge on any atom is 0.0643 e. The third-order valence-electron chi connectivity index (χ3n) is 1.75. The van der Waals surface area contributed by atoms with Gasteiger partial charge in [0.1, 0.15) is 0 Å². The summed E-state index contributed by atoms with van der Waals surface area (Å²) in [6.45, 7) is 5.27. The van der Waals surface area contributed by atoms with Gasteiger partial charge in [-0.05, 0) is 12.3 Å². The van der Waals surface area contributed by atoms with Gasteiger partial charge in [0.2, 0.25) is 0 Å². The number of methoxy groups -OCH3 is 1. The van der Waals surface area contributed by atoms with Crippen molar-refractivity contribution >= 4 is 0 Å². The lowest BCUT2D eigenvalue weighted by molar-refractivity contribution is 0.233. The van der Waals surface area contributed by atoms with Gasteiger partial charge in [-0.15, -0.1) is 0 Å². The third kappa shape index (κ3) is 7.60. The quantitative estimate of drug-likeness (QED) is 0.537. The summed E-state index contributed by atoms with van der Waals surface area (Å²) in [6.07, 6.45) is 8.11. The molecule has 0 saturated heterocycles. The van der Waals surface area contributed by atoms with Crippen LogP contribution in [-0.2, 0) is 4.74 Å². The fourth-order valence-electron chi connectivity index (χ4n) is 1.10. The molecule has 1 unspecified atom stereocenters. The van der Waals surface area contributed by atoms with E-state index in [1.807, 2.05) is 0 Å². The van der Waals surface area contributed by atoms with Gasteiger partial charge in [-0.25, -0.2) is 0 Å². The number of hydrogen-bond donors (Lipinski definition) is 0. The molecule has 0 rings (SSSR count). The lowest BCUT2D eigenvalue weighted by Crippen LogP contribution is -1.91. The van der Waals surface area contributed by atoms with Crippen LogP contribution in [-0.4, -0.2) is 13.7 Å². The van der Waals surface area contributed by atoms with Crippen molar-refractivity contribution in [2.75, 3.05) is 13.7 Å². The van der Waals surface area contributed by atoms with Gasteiger partial charge in [-0.3, -0.25) is 0 Å². The molecule has 0 spiro atoms. The molecular weight excluding hydrogens is 136 g/mol. The largest absolute Gasteiger partial charge is 0.381 e. The van der Waals surface area contributed by atoms with Crippen molar-refractivity contribution in [2.45, 2.75) is 33.1 Å². The normalized spacial score (nSPS) is 14.1. The van der Waals surface area contributed by atoms with Gasteiger partial charge < -0.3 is 4.74 Å². The Balaban J connectivity index is 3.21. The summed E-state index contributed by atoms with van der Waals surface area (Å²) in [7, 11) is 1.72. The van der Waals surface area contributed by atoms with E-state index in [4.69, 9.17) is 4.74 Å². The summed E-state index contributed by atoms with van der Waals surface area (Å²) in [6, 6.07) is 0. The van der Waals surface area contributed by atoms with Gasteiger partial charge in [0, 0.05) is 7.11 Å². The average Bonchev–Trinajstić information content (AvgIpc) is 1.99. The SMILES string of the molecule is CCCC(C)C/C=C/COC. The molecule has 0 radical (unpaired) electrons. The van der Waals surface area contributed by atoms with Gasteiger partial charge >= 0.3 is 0 Å². The standard InChI is InChI=1S/C10H20O/c1-4-7-10(2)8-5-6-9-11-3/h5-6,10H,4,7-9H2,1-3H3/b6-5+. The zero-order valence-corrected chi connectivity index (χ0v) is 7.97. The first-order valence-electron chi connectivity index (χ1n) is 4.45. The van der Waals surface area contributed by atoms with Crippen LogP contribution >= 0.6 is 0 Å². The number of allylic oxidation sites excluding steroid dienone is 1. The van der Waals surface area contributed by atoms with Crippen molar-refractivity contribution in [2.24, 2.45) is 5.92 Å². The second kappa shape index (κ2) is 7.80. The van der Waals surface area contributed by atoms with Gasteiger partial charge in [0.25, 0.3) is 0 Å². The fraction of sp³-hybridized carbons (Fsp3) is 0.800. The van der Waals surface area contributed by atoms with Crippen LogP contribution in [0.4, 0.5) is 0 Å². The third-order valence-corrected chi connectivity index (χ3v) is 1.75. The van der Waals surface area contributed by atoms with Crippen molar-refractivity contribution in [1.82, 2.24) is 0 Å². The van der Waals surface area contributed by atoms with Crippen LogP contribution < -0.4 is 0 Å². The Bertz CT molecular complexity index is 97.0. The molecule has 1 nitrogen and oxygen atoms in total. The summed E-state index contributed by atoms with van der Waals surface area (Å²) in [5, 5.41) is 0. The maximum atomic E-state index is 4.90. The smallest absolute Gasteiger partial charge is 0.0643 e. The minimum Gasteiger partial charge on any atom is -0.381 e. The number of ether oxygens (including phenoxy) is 1. The predicted molar refractivity (Wildman–Crippen MR) is 49.7 cm³/mol. The van der Waals surface area contributed by atoms with Crippen LogP contribution in [0, 0.1) is 5.92 Å². The molecule has 0 aromatic heterocycles. The van der Waals surface area contributed by atoms with E-state index in [1.54, 1.807) is 7.11 Å². The van der Waals surface area contributed by atoms with Gasteiger partial charge in [0.15, 0.2) is 0 Å². The van der Waals surface area contributed by atoms with E-state index in [0.29, 0.717) is 0 Å². The van der Waals surface area contributed by atoms with E-state index < -0.39 is 0 Å². The zero-order chi connectivity index (χ0) is 8.53. The molecule has 0 fully saturated rings. The summed E-state index contributed by atoms with van der Waals surface area (Å²) in [4.78, 5) is 0. The molecule has 0 aromatic rings. The molecule has 0 heterocycles. The van der Waals surface area contributed by atoms with Crippen LogP contribution in [0.1, 0.15) is 33.1 Å². The summed E-state index contributed by atoms with van der Waals surface area (Å²) >= 11 is 0. The van der Waals surface area contributed by atoms with Crippen molar-refractivity contribution < 1.29 is 4.74 Å². The van der Waals surface area contributed by atoms with E-state index in [1.165, 1.54) is 19.3 Å². The van der Waals surface area contributed by atoms with Crippen LogP contribution in [0.5, 0.6) is 0 Å². The summed E-state index contributed by atoms with van der Waals surface area (Å²) in [5.74, 6) is 0.827. The highest BCUT2D eigenvalue weighted by atomic mass is 16.5. The first kappa shape index (κ1) is 10.7. The van der Waals surface area contributed by atoms with Crippen molar-refractivity contribution in [3.63, 3.8) is 0 Å². The van der Waals surface area contributed by atoms with Crippen LogP contribution in [0.2, 0.25) is 0 Å². The maximum absolute atomic E-state index is 4.90. The highest BCUT2D eigenvalue weighted by Crippen LogP contribution is 2.09. The molecule has 0 aliphatic carbocycles. The van der Waals surface area contributed by atoms with Gasteiger partial charge in [-0.2, -0.15) is 0 Å². The second-order valence-corrected chi connectivity index (χ2v) is 3.06. The number of rotatable bonds is 6. The highest BCUT2D eigenvalue weighted by molar-refractivity contribution is 4.82. The van der Waals surface area contributed by atoms with Crippen molar-refractivity contribution in [3.05, 3.63) is 12.2 Å². The van der Waals surface area contributed by atoms with Gasteiger partial charge in [-0.1, -0.05) is 38.8 Å². The van der Waals surface area contributed by atoms with Crippen LogP contribution in [0.3, 0.4) is 0 Å². The van der Waals surface area contributed by atoms with Crippen LogP contribution in [0.25, 0.3) is 0 Å². The van der Waals surface area contributed by atoms with E-state index >= 15 is 0 Å². The highest BCUT2D eigenvalue weighted by Gasteiger charge is 1.95. The van der Waals surface area contributed by atoms with Crippen LogP contribution in [0.15, 0.2) is 12.2 Å². The molecule has 1 atom stereocenters. The monoisotopic (exact) mass is 156 g/mol. The number of hydrogen-bond acceptors (Lipinski definition) is 1. The summed E-state index contributed by atoms with van der Waals surface area (Å²) in [5.41, 5.74) is 0. The Labute approximate surface area is 70.4 Å². The Morgan fingerprint density at radius 3 is 2.64 bits per heavy atom. The fourth-order valence-corrected chi connectivity index (χ4v) is 1.10. The Morgan fingerprint density at radius 1 is 1.36 bits per heavy atom. The Hall–Kier alpha value is -0.300. The predicted octanol–water partition coefficient (Wildman–Crippen LogP) is 3.02. The van der Waals surface area contributed by atoms with E-state index in [0.717, 1.165) is 12.5 Å². The first-order valence-corrected chi connectivity index (χ1v) is 4.45. The Morgan fingerprint density at radius 2 is 2.09 bits per heavy atom. The first-order chi connectivity index (χ1) is 5.31. The Kier molecular flexibility index (Phi) is 7.59. The minimum absolute atomic E-state index is 0.749. The molecule has 66 valence electrons. The van der Waals surface area contributed by atoms with Crippen molar-refractivity contribution in [1.29, 1.82) is 0 Å². The second-order valence-electron chi connectivity index (χ2n) is 3.06. The van der Waals surface area contributed by atoms with E-state index in [-0.39, 0.29) is 0 Å². The van der Waals surface area contributed by atoms with Gasteiger partial charge in [0.05, 0.1) is 6.61 Å². The molecular formula is C10H20O. The lowest BCUT2D eigenvalue weighted by atomic mass is 10.0. The molecule has 0 amide bonds. The molecule has 0 aromatic carbocycles. The molecule has 0 aliphatic heterocycles. The zero-order valence-electron chi connectivity index (χ0n) is 7.97. The average molecular weight is 156 g/mol.